The first kappa shape index (κ1) is 16.0. The summed E-state index contributed by atoms with van der Waals surface area (Å²) in [5, 5.41) is 14.0. The van der Waals surface area contributed by atoms with E-state index in [-0.39, 0.29) is 30.1 Å². The van der Waals surface area contributed by atoms with Gasteiger partial charge in [-0.25, -0.2) is 14.5 Å². The van der Waals surface area contributed by atoms with Crippen LogP contribution in [0.25, 0.3) is 17.0 Å². The second kappa shape index (κ2) is 5.53. The lowest BCUT2D eigenvalue weighted by molar-refractivity contribution is -0.0116. The Morgan fingerprint density at radius 1 is 1.36 bits per heavy atom. The molecule has 0 aromatic carbocycles. The second-order valence-electron chi connectivity index (χ2n) is 7.07. The number of nitrogen functional groups attached to an aromatic ring is 1. The van der Waals surface area contributed by atoms with Crippen molar-refractivity contribution in [1.82, 2.24) is 19.6 Å². The number of hydrogen-bond acceptors (Lipinski definition) is 7. The largest absolute Gasteiger partial charge is 0.444 e. The minimum atomic E-state index is -0.259. The van der Waals surface area contributed by atoms with E-state index in [1.165, 1.54) is 12.6 Å². The lowest BCUT2D eigenvalue weighted by Gasteiger charge is -2.28. The molecule has 3 aromatic rings. The predicted octanol–water partition coefficient (Wildman–Crippen LogP) is 2.06. The zero-order valence-corrected chi connectivity index (χ0v) is 14.4. The van der Waals surface area contributed by atoms with Crippen molar-refractivity contribution in [3.8, 4) is 11.5 Å². The zero-order chi connectivity index (χ0) is 17.8. The number of oxazole rings is 1. The molecule has 0 radical (unpaired) electrons. The van der Waals surface area contributed by atoms with Gasteiger partial charge in [0.1, 0.15) is 24.2 Å². The Hall–Kier alpha value is -2.45. The zero-order valence-electron chi connectivity index (χ0n) is 14.4. The average molecular weight is 343 g/mol. The van der Waals surface area contributed by atoms with Crippen molar-refractivity contribution < 1.29 is 14.3 Å². The highest BCUT2D eigenvalue weighted by atomic mass is 16.5. The van der Waals surface area contributed by atoms with E-state index in [0.29, 0.717) is 17.2 Å². The molecule has 0 bridgehead atoms. The summed E-state index contributed by atoms with van der Waals surface area (Å²) < 4.78 is 13.4. The number of hydrogen-bond donors (Lipinski definition) is 2. The van der Waals surface area contributed by atoms with E-state index in [1.807, 2.05) is 6.07 Å². The van der Waals surface area contributed by atoms with Gasteiger partial charge in [-0.05, 0) is 12.0 Å². The molecule has 4 rings (SSSR count). The average Bonchev–Trinajstić information content (AvgIpc) is 3.27. The van der Waals surface area contributed by atoms with Gasteiger partial charge in [-0.2, -0.15) is 5.10 Å². The molecule has 1 fully saturated rings. The third-order valence-corrected chi connectivity index (χ3v) is 5.44. The van der Waals surface area contributed by atoms with Crippen molar-refractivity contribution >= 4 is 11.3 Å². The van der Waals surface area contributed by atoms with Crippen molar-refractivity contribution in [3.05, 3.63) is 30.5 Å². The van der Waals surface area contributed by atoms with Gasteiger partial charge in [0.2, 0.25) is 5.89 Å². The van der Waals surface area contributed by atoms with Crippen molar-refractivity contribution in [1.29, 1.82) is 0 Å². The molecular weight excluding hydrogens is 322 g/mol. The van der Waals surface area contributed by atoms with Crippen LogP contribution in [0.3, 0.4) is 0 Å². The van der Waals surface area contributed by atoms with E-state index in [9.17, 15) is 5.11 Å². The number of nitrogens with two attached hydrogens (primary N) is 1. The fourth-order valence-electron chi connectivity index (χ4n) is 3.64. The Kier molecular flexibility index (Phi) is 3.55. The Morgan fingerprint density at radius 3 is 2.80 bits per heavy atom. The number of nitrogens with zero attached hydrogens (tertiary/aromatic N) is 4. The molecule has 8 nitrogen and oxygen atoms in total. The Bertz CT molecular complexity index is 903. The number of anilines is 1. The highest BCUT2D eigenvalue weighted by Crippen LogP contribution is 2.52. The van der Waals surface area contributed by atoms with Gasteiger partial charge in [0.15, 0.2) is 5.82 Å². The van der Waals surface area contributed by atoms with Crippen LogP contribution in [0, 0.1) is 11.3 Å². The van der Waals surface area contributed by atoms with Crippen LogP contribution in [0.15, 0.2) is 29.3 Å². The maximum absolute atomic E-state index is 9.64. The Balaban J connectivity index is 1.93. The minimum Gasteiger partial charge on any atom is -0.444 e. The molecule has 0 unspecified atom stereocenters. The molecule has 1 aliphatic heterocycles. The van der Waals surface area contributed by atoms with Gasteiger partial charge in [0, 0.05) is 5.41 Å². The summed E-state index contributed by atoms with van der Waals surface area (Å²) in [7, 11) is 0. The molecule has 132 valence electrons. The maximum Gasteiger partial charge on any atom is 0.228 e. The summed E-state index contributed by atoms with van der Waals surface area (Å²) in [5.74, 6) is 0.974. The molecule has 25 heavy (non-hydrogen) atoms. The van der Waals surface area contributed by atoms with E-state index in [0.717, 1.165) is 11.3 Å². The van der Waals surface area contributed by atoms with Crippen LogP contribution in [-0.4, -0.2) is 37.4 Å². The molecule has 0 saturated carbocycles. The van der Waals surface area contributed by atoms with Crippen LogP contribution in [0.4, 0.5) is 5.82 Å². The first-order valence-electron chi connectivity index (χ1n) is 8.23. The highest BCUT2D eigenvalue weighted by molar-refractivity contribution is 5.85. The topological polar surface area (TPSA) is 112 Å². The second-order valence-corrected chi connectivity index (χ2v) is 7.07. The summed E-state index contributed by atoms with van der Waals surface area (Å²) in [5.41, 5.74) is 8.10. The Morgan fingerprint density at radius 2 is 2.16 bits per heavy atom. The molecule has 3 aromatic heterocycles. The van der Waals surface area contributed by atoms with Crippen molar-refractivity contribution in [2.24, 2.45) is 11.3 Å². The van der Waals surface area contributed by atoms with E-state index < -0.39 is 0 Å². The SMILES string of the molecule is C[C@@H]1[C@@H](CO)O[C@@H](c2cc(-c3ncco3)c3c(N)ncnn23)C1(C)C. The molecule has 0 amide bonds. The smallest absolute Gasteiger partial charge is 0.228 e. The van der Waals surface area contributed by atoms with Crippen molar-refractivity contribution in [3.63, 3.8) is 0 Å². The predicted molar refractivity (Wildman–Crippen MR) is 90.5 cm³/mol. The molecule has 0 spiro atoms. The van der Waals surface area contributed by atoms with Gasteiger partial charge in [-0.1, -0.05) is 20.8 Å². The van der Waals surface area contributed by atoms with Gasteiger partial charge in [-0.15, -0.1) is 0 Å². The van der Waals surface area contributed by atoms with Crippen LogP contribution in [0.5, 0.6) is 0 Å². The Labute approximate surface area is 144 Å². The van der Waals surface area contributed by atoms with E-state index in [4.69, 9.17) is 14.9 Å². The van der Waals surface area contributed by atoms with Crippen LogP contribution in [-0.2, 0) is 4.74 Å². The normalized spacial score (nSPS) is 25.7. The number of aromatic nitrogens is 4. The number of fused-ring (bicyclic) bond motifs is 1. The summed E-state index contributed by atoms with van der Waals surface area (Å²) in [6, 6.07) is 1.94. The number of ether oxygens (including phenoxy) is 1. The lowest BCUT2D eigenvalue weighted by atomic mass is 9.75. The van der Waals surface area contributed by atoms with Crippen LogP contribution < -0.4 is 5.73 Å². The third-order valence-electron chi connectivity index (χ3n) is 5.44. The summed E-state index contributed by atoms with van der Waals surface area (Å²) in [6.07, 6.45) is 4.02. The summed E-state index contributed by atoms with van der Waals surface area (Å²) in [4.78, 5) is 8.32. The van der Waals surface area contributed by atoms with Crippen molar-refractivity contribution in [2.75, 3.05) is 12.3 Å². The fourth-order valence-corrected chi connectivity index (χ4v) is 3.64. The number of rotatable bonds is 3. The van der Waals surface area contributed by atoms with Crippen molar-refractivity contribution in [2.45, 2.75) is 33.0 Å². The van der Waals surface area contributed by atoms with Gasteiger partial charge in [-0.3, -0.25) is 0 Å². The number of aliphatic hydroxyl groups excluding tert-OH is 1. The molecule has 4 heterocycles. The molecule has 1 aliphatic rings. The molecule has 0 aliphatic carbocycles. The van der Waals surface area contributed by atoms with Crippen LogP contribution in [0.2, 0.25) is 0 Å². The molecule has 3 atom stereocenters. The molecule has 1 saturated heterocycles. The molecular formula is C17H21N5O3. The standard InChI is InChI=1S/C17H21N5O3/c1-9-12(7-23)25-14(17(9,2)3)11-6-10(16-19-4-5-24-16)13-15(18)20-8-21-22(11)13/h4-6,8-9,12,14,23H,7H2,1-3H3,(H2,18,20,21)/t9-,12-,14+/m1/s1. The van der Waals surface area contributed by atoms with Crippen LogP contribution >= 0.6 is 0 Å². The number of aliphatic hydroxyl groups is 1. The first-order chi connectivity index (χ1) is 11.9. The summed E-state index contributed by atoms with van der Waals surface area (Å²) >= 11 is 0. The first-order valence-corrected chi connectivity index (χ1v) is 8.23. The molecule has 3 N–H and O–H groups in total. The highest BCUT2D eigenvalue weighted by Gasteiger charge is 2.49. The third kappa shape index (κ3) is 2.25. The monoisotopic (exact) mass is 343 g/mol. The minimum absolute atomic E-state index is 0.0197. The van der Waals surface area contributed by atoms with Gasteiger partial charge in [0.05, 0.1) is 30.2 Å². The fraction of sp³-hybridized carbons (Fsp3) is 0.471. The molecule has 8 heteroatoms. The lowest BCUT2D eigenvalue weighted by Crippen LogP contribution is -2.27. The van der Waals surface area contributed by atoms with Gasteiger partial charge in [0.25, 0.3) is 0 Å². The maximum atomic E-state index is 9.64. The quantitative estimate of drug-likeness (QED) is 0.748. The van der Waals surface area contributed by atoms with E-state index >= 15 is 0 Å². The van der Waals surface area contributed by atoms with E-state index in [1.54, 1.807) is 10.7 Å². The van der Waals surface area contributed by atoms with Gasteiger partial charge >= 0.3 is 0 Å². The van der Waals surface area contributed by atoms with Crippen LogP contribution in [0.1, 0.15) is 32.6 Å². The van der Waals surface area contributed by atoms with Gasteiger partial charge < -0.3 is 20.0 Å². The van der Waals surface area contributed by atoms with E-state index in [2.05, 4.69) is 35.8 Å². The summed E-state index contributed by atoms with van der Waals surface area (Å²) in [6.45, 7) is 6.34.